The third-order valence-corrected chi connectivity index (χ3v) is 5.87. The van der Waals surface area contributed by atoms with Crippen molar-refractivity contribution in [2.24, 2.45) is 5.84 Å². The highest BCUT2D eigenvalue weighted by Crippen LogP contribution is 2.31. The van der Waals surface area contributed by atoms with Crippen molar-refractivity contribution in [3.63, 3.8) is 0 Å². The highest BCUT2D eigenvalue weighted by atomic mass is 32.2. The Hall–Kier alpha value is -1.71. The van der Waals surface area contributed by atoms with E-state index in [1.54, 1.807) is 0 Å². The Morgan fingerprint density at radius 2 is 2.10 bits per heavy atom. The van der Waals surface area contributed by atoms with Crippen LogP contribution in [0.3, 0.4) is 0 Å². The molecule has 0 aromatic carbocycles. The molecule has 0 aliphatic heterocycles. The van der Waals surface area contributed by atoms with Gasteiger partial charge in [0.15, 0.2) is 5.13 Å². The van der Waals surface area contributed by atoms with Crippen molar-refractivity contribution in [2.45, 2.75) is 30.6 Å². The fourth-order valence-corrected chi connectivity index (χ4v) is 4.68. The maximum atomic E-state index is 12.4. The average Bonchev–Trinajstić information content (AvgIpc) is 2.88. The lowest BCUT2D eigenvalue weighted by Crippen LogP contribution is -2.17. The van der Waals surface area contributed by atoms with E-state index in [1.165, 1.54) is 34.7 Å². The first-order valence-electron chi connectivity index (χ1n) is 6.52. The number of nitrogens with zero attached hydrogens (tertiary/aromatic N) is 2. The molecule has 0 saturated carbocycles. The molecule has 0 spiro atoms. The molecular weight excluding hydrogens is 310 g/mol. The molecule has 0 bridgehead atoms. The summed E-state index contributed by atoms with van der Waals surface area (Å²) >= 11 is 1.40. The van der Waals surface area contributed by atoms with Gasteiger partial charge in [0.25, 0.3) is 10.0 Å². The second kappa shape index (κ2) is 5.58. The summed E-state index contributed by atoms with van der Waals surface area (Å²) in [6.45, 7) is 0. The lowest BCUT2D eigenvalue weighted by atomic mass is 10.0. The van der Waals surface area contributed by atoms with Gasteiger partial charge in [-0.2, -0.15) is 0 Å². The third-order valence-electron chi connectivity index (χ3n) is 3.30. The van der Waals surface area contributed by atoms with Crippen LogP contribution in [0.4, 0.5) is 10.8 Å². The predicted molar refractivity (Wildman–Crippen MR) is 81.6 cm³/mol. The number of rotatable bonds is 4. The molecule has 7 nitrogen and oxygen atoms in total. The monoisotopic (exact) mass is 325 g/mol. The summed E-state index contributed by atoms with van der Waals surface area (Å²) in [5, 5.41) is 0.397. The van der Waals surface area contributed by atoms with E-state index >= 15 is 0 Å². The van der Waals surface area contributed by atoms with E-state index in [0.29, 0.717) is 10.8 Å². The molecule has 0 fully saturated rings. The Kier molecular flexibility index (Phi) is 3.79. The van der Waals surface area contributed by atoms with Gasteiger partial charge in [-0.15, -0.1) is 11.3 Å². The number of nitrogens with two attached hydrogens (primary N) is 1. The number of pyridine rings is 1. The Morgan fingerprint density at radius 1 is 1.29 bits per heavy atom. The van der Waals surface area contributed by atoms with E-state index in [-0.39, 0.29) is 4.90 Å². The number of thiazole rings is 1. The molecule has 0 atom stereocenters. The van der Waals surface area contributed by atoms with Gasteiger partial charge < -0.3 is 5.43 Å². The van der Waals surface area contributed by atoms with Crippen LogP contribution in [0.25, 0.3) is 0 Å². The van der Waals surface area contributed by atoms with Crippen molar-refractivity contribution in [2.75, 3.05) is 10.1 Å². The number of nitrogen functional groups attached to an aromatic ring is 1. The molecule has 21 heavy (non-hydrogen) atoms. The number of fused-ring (bicyclic) bond motifs is 1. The summed E-state index contributed by atoms with van der Waals surface area (Å²) in [4.78, 5) is 9.38. The molecule has 112 valence electrons. The Morgan fingerprint density at radius 3 is 2.86 bits per heavy atom. The summed E-state index contributed by atoms with van der Waals surface area (Å²) in [7, 11) is -3.76. The van der Waals surface area contributed by atoms with Gasteiger partial charge in [0, 0.05) is 17.3 Å². The highest BCUT2D eigenvalue weighted by Gasteiger charge is 2.22. The van der Waals surface area contributed by atoms with Crippen LogP contribution in [0.1, 0.15) is 23.4 Å². The molecule has 2 aromatic rings. The number of aromatic nitrogens is 2. The highest BCUT2D eigenvalue weighted by molar-refractivity contribution is 7.93. The summed E-state index contributed by atoms with van der Waals surface area (Å²) in [5.74, 6) is 5.34. The first-order valence-corrected chi connectivity index (χ1v) is 8.82. The van der Waals surface area contributed by atoms with Gasteiger partial charge in [-0.3, -0.25) is 15.5 Å². The number of hydrogen-bond acceptors (Lipinski definition) is 7. The Balaban J connectivity index is 1.91. The standard InChI is InChI=1S/C12H15N5O2S2/c13-16-9-5-6-14-7-11(9)21(18,19)17-12-15-8-3-1-2-4-10(8)20-12/h5-7H,1-4,13H2,(H,14,16)(H,15,17). The third kappa shape index (κ3) is 2.85. The number of sulfonamides is 1. The van der Waals surface area contributed by atoms with Gasteiger partial charge in [0.2, 0.25) is 0 Å². The van der Waals surface area contributed by atoms with Gasteiger partial charge in [-0.05, 0) is 31.7 Å². The van der Waals surface area contributed by atoms with E-state index in [0.717, 1.165) is 31.4 Å². The minimum Gasteiger partial charge on any atom is -0.323 e. The molecule has 1 aliphatic carbocycles. The largest absolute Gasteiger partial charge is 0.323 e. The fourth-order valence-electron chi connectivity index (χ4n) is 2.28. The van der Waals surface area contributed by atoms with Crippen LogP contribution in [-0.4, -0.2) is 18.4 Å². The van der Waals surface area contributed by atoms with Crippen molar-refractivity contribution in [1.82, 2.24) is 9.97 Å². The minimum absolute atomic E-state index is 0.000622. The van der Waals surface area contributed by atoms with Crippen LogP contribution in [0.5, 0.6) is 0 Å². The lowest BCUT2D eigenvalue weighted by molar-refractivity contribution is 0.601. The molecule has 0 unspecified atom stereocenters. The van der Waals surface area contributed by atoms with Crippen LogP contribution in [0.2, 0.25) is 0 Å². The SMILES string of the molecule is NNc1ccncc1S(=O)(=O)Nc1nc2c(s1)CCCC2. The number of aryl methyl sites for hydroxylation is 2. The molecule has 0 saturated heterocycles. The number of nitrogens with one attached hydrogen (secondary N) is 2. The number of anilines is 2. The van der Waals surface area contributed by atoms with E-state index < -0.39 is 10.0 Å². The van der Waals surface area contributed by atoms with E-state index in [9.17, 15) is 8.42 Å². The number of hydrazine groups is 1. The zero-order valence-electron chi connectivity index (χ0n) is 11.2. The lowest BCUT2D eigenvalue weighted by Gasteiger charge is -2.09. The summed E-state index contributed by atoms with van der Waals surface area (Å²) in [5.41, 5.74) is 3.66. The minimum atomic E-state index is -3.76. The zero-order chi connectivity index (χ0) is 14.9. The second-order valence-electron chi connectivity index (χ2n) is 4.72. The topological polar surface area (TPSA) is 110 Å². The van der Waals surface area contributed by atoms with Gasteiger partial charge >= 0.3 is 0 Å². The van der Waals surface area contributed by atoms with Crippen molar-refractivity contribution in [3.8, 4) is 0 Å². The van der Waals surface area contributed by atoms with Crippen molar-refractivity contribution >= 4 is 32.2 Å². The van der Waals surface area contributed by atoms with Crippen LogP contribution in [0.15, 0.2) is 23.4 Å². The molecule has 2 aromatic heterocycles. The van der Waals surface area contributed by atoms with E-state index in [4.69, 9.17) is 5.84 Å². The van der Waals surface area contributed by atoms with Crippen LogP contribution in [0, 0.1) is 0 Å². The average molecular weight is 325 g/mol. The van der Waals surface area contributed by atoms with Gasteiger partial charge in [0.05, 0.1) is 11.4 Å². The molecular formula is C12H15N5O2S2. The Bertz CT molecular complexity index is 733. The smallest absolute Gasteiger partial charge is 0.267 e. The van der Waals surface area contributed by atoms with Gasteiger partial charge in [-0.1, -0.05) is 0 Å². The van der Waals surface area contributed by atoms with Crippen molar-refractivity contribution in [1.29, 1.82) is 0 Å². The number of hydrogen-bond donors (Lipinski definition) is 3. The fraction of sp³-hybridized carbons (Fsp3) is 0.333. The summed E-state index contributed by atoms with van der Waals surface area (Å²) in [6, 6.07) is 1.50. The quantitative estimate of drug-likeness (QED) is 0.580. The molecule has 3 rings (SSSR count). The molecule has 1 aliphatic rings. The molecule has 4 N–H and O–H groups in total. The maximum Gasteiger partial charge on any atom is 0.267 e. The molecule has 0 radical (unpaired) electrons. The Labute approximate surface area is 126 Å². The van der Waals surface area contributed by atoms with Crippen molar-refractivity contribution in [3.05, 3.63) is 29.0 Å². The maximum absolute atomic E-state index is 12.4. The van der Waals surface area contributed by atoms with Gasteiger partial charge in [-0.25, -0.2) is 13.4 Å². The molecule has 0 amide bonds. The van der Waals surface area contributed by atoms with Crippen LogP contribution in [-0.2, 0) is 22.9 Å². The molecule has 2 heterocycles. The second-order valence-corrected chi connectivity index (χ2v) is 7.45. The zero-order valence-corrected chi connectivity index (χ0v) is 12.8. The summed E-state index contributed by atoms with van der Waals surface area (Å²) < 4.78 is 27.3. The van der Waals surface area contributed by atoms with Crippen molar-refractivity contribution < 1.29 is 8.42 Å². The van der Waals surface area contributed by atoms with Crippen LogP contribution >= 0.6 is 11.3 Å². The normalized spacial score (nSPS) is 14.5. The van der Waals surface area contributed by atoms with Crippen LogP contribution < -0.4 is 16.0 Å². The summed E-state index contributed by atoms with van der Waals surface area (Å²) in [6.07, 6.45) is 6.84. The predicted octanol–water partition coefficient (Wildman–Crippen LogP) is 1.50. The van der Waals surface area contributed by atoms with E-state index in [2.05, 4.69) is 20.1 Å². The molecule has 9 heteroatoms. The first-order chi connectivity index (χ1) is 10.1. The van der Waals surface area contributed by atoms with Gasteiger partial charge in [0.1, 0.15) is 4.90 Å². The van der Waals surface area contributed by atoms with E-state index in [1.807, 2.05) is 0 Å². The first kappa shape index (κ1) is 14.2.